The molecular formula is C16H16N2O. The number of nitrogens with zero attached hydrogens (tertiary/aromatic N) is 2. The Morgan fingerprint density at radius 1 is 1.26 bits per heavy atom. The van der Waals surface area contributed by atoms with Crippen molar-refractivity contribution in [3.05, 3.63) is 58.8 Å². The van der Waals surface area contributed by atoms with Crippen LogP contribution in [0, 0.1) is 6.92 Å². The van der Waals surface area contributed by atoms with E-state index in [9.17, 15) is 4.79 Å². The molecule has 2 heterocycles. The number of hydrogen-bond acceptors (Lipinski definition) is 3. The lowest BCUT2D eigenvalue weighted by Gasteiger charge is -2.30. The van der Waals surface area contributed by atoms with E-state index in [-0.39, 0.29) is 0 Å². The minimum absolute atomic E-state index is 0.668. The molecular weight excluding hydrogens is 236 g/mol. The molecule has 2 aromatic rings. The zero-order valence-electron chi connectivity index (χ0n) is 11.0. The Kier molecular flexibility index (Phi) is 3.03. The minimum Gasteiger partial charge on any atom is -0.352 e. The van der Waals surface area contributed by atoms with Crippen LogP contribution in [0.25, 0.3) is 0 Å². The molecule has 1 aromatic carbocycles. The van der Waals surface area contributed by atoms with Gasteiger partial charge in [-0.25, -0.2) is 4.98 Å². The van der Waals surface area contributed by atoms with Gasteiger partial charge in [0.15, 0.2) is 6.29 Å². The van der Waals surface area contributed by atoms with Crippen LogP contribution in [-0.4, -0.2) is 17.8 Å². The highest BCUT2D eigenvalue weighted by atomic mass is 16.1. The normalized spacial score (nSPS) is 14.1. The highest BCUT2D eigenvalue weighted by Crippen LogP contribution is 2.23. The van der Waals surface area contributed by atoms with E-state index in [2.05, 4.69) is 34.1 Å². The third kappa shape index (κ3) is 2.24. The summed E-state index contributed by atoms with van der Waals surface area (Å²) in [6.45, 7) is 3.82. The van der Waals surface area contributed by atoms with E-state index in [1.165, 1.54) is 11.1 Å². The molecule has 1 aliphatic heterocycles. The summed E-state index contributed by atoms with van der Waals surface area (Å²) in [6.07, 6.45) is 3.57. The molecule has 0 fully saturated rings. The summed E-state index contributed by atoms with van der Waals surface area (Å²) in [7, 11) is 0. The maximum absolute atomic E-state index is 10.8. The summed E-state index contributed by atoms with van der Waals surface area (Å²) in [5.74, 6) is 0.956. The van der Waals surface area contributed by atoms with Crippen LogP contribution in [0.3, 0.4) is 0 Å². The smallest absolute Gasteiger partial charge is 0.151 e. The van der Waals surface area contributed by atoms with Crippen LogP contribution >= 0.6 is 0 Å². The molecule has 0 amide bonds. The van der Waals surface area contributed by atoms with Crippen molar-refractivity contribution in [1.29, 1.82) is 0 Å². The zero-order valence-corrected chi connectivity index (χ0v) is 11.0. The van der Waals surface area contributed by atoms with Gasteiger partial charge in [-0.1, -0.05) is 24.3 Å². The third-order valence-electron chi connectivity index (χ3n) is 3.72. The minimum atomic E-state index is 0.668. The Morgan fingerprint density at radius 3 is 2.79 bits per heavy atom. The Bertz CT molecular complexity index is 622. The Morgan fingerprint density at radius 2 is 2.05 bits per heavy atom. The molecule has 0 radical (unpaired) electrons. The van der Waals surface area contributed by atoms with Gasteiger partial charge in [-0.15, -0.1) is 0 Å². The van der Waals surface area contributed by atoms with Gasteiger partial charge in [-0.2, -0.15) is 0 Å². The number of anilines is 1. The van der Waals surface area contributed by atoms with Crippen molar-refractivity contribution in [3.63, 3.8) is 0 Å². The number of aromatic nitrogens is 1. The van der Waals surface area contributed by atoms with Gasteiger partial charge in [0, 0.05) is 24.8 Å². The Balaban J connectivity index is 1.89. The molecule has 0 unspecified atom stereocenters. The first kappa shape index (κ1) is 11.9. The molecule has 3 heteroatoms. The summed E-state index contributed by atoms with van der Waals surface area (Å²) in [6, 6.07) is 10.5. The Hall–Kier alpha value is -2.16. The lowest BCUT2D eigenvalue weighted by atomic mass is 10.00. The van der Waals surface area contributed by atoms with Crippen molar-refractivity contribution in [2.24, 2.45) is 0 Å². The van der Waals surface area contributed by atoms with E-state index < -0.39 is 0 Å². The fraction of sp³-hybridized carbons (Fsp3) is 0.250. The highest BCUT2D eigenvalue weighted by Gasteiger charge is 2.17. The summed E-state index contributed by atoms with van der Waals surface area (Å²) < 4.78 is 0. The molecule has 0 aliphatic carbocycles. The van der Waals surface area contributed by atoms with Crippen LogP contribution in [0.1, 0.15) is 27.0 Å². The third-order valence-corrected chi connectivity index (χ3v) is 3.72. The van der Waals surface area contributed by atoms with Crippen molar-refractivity contribution >= 4 is 12.1 Å². The van der Waals surface area contributed by atoms with Gasteiger partial charge in [-0.3, -0.25) is 4.79 Å². The van der Waals surface area contributed by atoms with Crippen LogP contribution < -0.4 is 4.90 Å². The summed E-state index contributed by atoms with van der Waals surface area (Å²) >= 11 is 0. The van der Waals surface area contributed by atoms with Gasteiger partial charge in [0.05, 0.1) is 0 Å². The lowest BCUT2D eigenvalue weighted by Crippen LogP contribution is -2.31. The van der Waals surface area contributed by atoms with E-state index in [4.69, 9.17) is 0 Å². The largest absolute Gasteiger partial charge is 0.352 e. The number of carbonyl (C=O) groups is 1. The van der Waals surface area contributed by atoms with E-state index in [1.807, 2.05) is 13.0 Å². The van der Waals surface area contributed by atoms with Crippen molar-refractivity contribution in [2.75, 3.05) is 11.4 Å². The van der Waals surface area contributed by atoms with Crippen molar-refractivity contribution in [3.8, 4) is 0 Å². The van der Waals surface area contributed by atoms with Gasteiger partial charge < -0.3 is 4.90 Å². The Labute approximate surface area is 112 Å². The number of rotatable bonds is 2. The number of pyridine rings is 1. The first-order valence-corrected chi connectivity index (χ1v) is 6.51. The number of aldehydes is 1. The number of aryl methyl sites for hydroxylation is 1. The second kappa shape index (κ2) is 4.84. The van der Waals surface area contributed by atoms with E-state index in [0.717, 1.165) is 37.2 Å². The maximum atomic E-state index is 10.8. The number of benzene rings is 1. The lowest BCUT2D eigenvalue weighted by molar-refractivity contribution is 0.112. The molecule has 0 N–H and O–H groups in total. The van der Waals surface area contributed by atoms with Gasteiger partial charge >= 0.3 is 0 Å². The molecule has 3 nitrogen and oxygen atoms in total. The van der Waals surface area contributed by atoms with Gasteiger partial charge in [0.25, 0.3) is 0 Å². The van der Waals surface area contributed by atoms with Crippen LogP contribution in [0.15, 0.2) is 36.5 Å². The van der Waals surface area contributed by atoms with Gasteiger partial charge in [0.1, 0.15) is 5.82 Å². The van der Waals surface area contributed by atoms with Crippen LogP contribution in [0.2, 0.25) is 0 Å². The predicted molar refractivity (Wildman–Crippen MR) is 75.6 cm³/mol. The van der Waals surface area contributed by atoms with Crippen molar-refractivity contribution in [1.82, 2.24) is 4.98 Å². The predicted octanol–water partition coefficient (Wildman–Crippen LogP) is 2.77. The second-order valence-electron chi connectivity index (χ2n) is 4.96. The SMILES string of the molecule is Cc1cc(N2CCc3ccccc3C2)ncc1C=O. The van der Waals surface area contributed by atoms with Gasteiger partial charge in [0.2, 0.25) is 0 Å². The average molecular weight is 252 g/mol. The first-order chi connectivity index (χ1) is 9.28. The quantitative estimate of drug-likeness (QED) is 0.771. The van der Waals surface area contributed by atoms with Crippen molar-refractivity contribution < 1.29 is 4.79 Å². The zero-order chi connectivity index (χ0) is 13.2. The van der Waals surface area contributed by atoms with E-state index in [1.54, 1.807) is 6.20 Å². The summed E-state index contributed by atoms with van der Waals surface area (Å²) in [4.78, 5) is 17.5. The molecule has 0 saturated carbocycles. The second-order valence-corrected chi connectivity index (χ2v) is 4.96. The van der Waals surface area contributed by atoms with E-state index >= 15 is 0 Å². The summed E-state index contributed by atoms with van der Waals surface area (Å²) in [5.41, 5.74) is 4.45. The molecule has 0 spiro atoms. The highest BCUT2D eigenvalue weighted by molar-refractivity contribution is 5.77. The molecule has 19 heavy (non-hydrogen) atoms. The first-order valence-electron chi connectivity index (χ1n) is 6.51. The van der Waals surface area contributed by atoms with E-state index in [0.29, 0.717) is 5.56 Å². The molecule has 3 rings (SSSR count). The maximum Gasteiger partial charge on any atom is 0.151 e. The van der Waals surface area contributed by atoms with Crippen LogP contribution in [-0.2, 0) is 13.0 Å². The molecule has 1 aromatic heterocycles. The topological polar surface area (TPSA) is 33.2 Å². The molecule has 0 saturated heterocycles. The fourth-order valence-electron chi connectivity index (χ4n) is 2.54. The standard InChI is InChI=1S/C16H16N2O/c1-12-8-16(17-9-15(12)11-19)18-7-6-13-4-2-3-5-14(13)10-18/h2-5,8-9,11H,6-7,10H2,1H3. The fourth-order valence-corrected chi connectivity index (χ4v) is 2.54. The molecule has 0 atom stereocenters. The molecule has 96 valence electrons. The number of fused-ring (bicyclic) bond motifs is 1. The monoisotopic (exact) mass is 252 g/mol. The number of hydrogen-bond donors (Lipinski definition) is 0. The van der Waals surface area contributed by atoms with Crippen LogP contribution in [0.4, 0.5) is 5.82 Å². The van der Waals surface area contributed by atoms with Crippen LogP contribution in [0.5, 0.6) is 0 Å². The molecule has 0 bridgehead atoms. The van der Waals surface area contributed by atoms with Gasteiger partial charge in [-0.05, 0) is 36.1 Å². The summed E-state index contributed by atoms with van der Waals surface area (Å²) in [5, 5.41) is 0. The number of carbonyl (C=O) groups excluding carboxylic acids is 1. The van der Waals surface area contributed by atoms with Crippen molar-refractivity contribution in [2.45, 2.75) is 19.9 Å². The average Bonchev–Trinajstić information content (AvgIpc) is 2.46. The molecule has 1 aliphatic rings.